The highest BCUT2D eigenvalue weighted by Crippen LogP contribution is 2.26. The van der Waals surface area contributed by atoms with E-state index in [1.54, 1.807) is 18.2 Å². The molecular weight excluding hydrogens is 355 g/mol. The first-order valence-electron chi connectivity index (χ1n) is 7.08. The number of rotatable bonds is 5. The molecular formula is C17H17Cl3N2O. The van der Waals surface area contributed by atoms with Gasteiger partial charge >= 0.3 is 0 Å². The van der Waals surface area contributed by atoms with Crippen molar-refractivity contribution >= 4 is 46.4 Å². The molecule has 0 aliphatic heterocycles. The van der Waals surface area contributed by atoms with Crippen LogP contribution < -0.4 is 5.32 Å². The van der Waals surface area contributed by atoms with E-state index in [4.69, 9.17) is 34.8 Å². The molecule has 0 saturated carbocycles. The first-order chi connectivity index (χ1) is 10.9. The van der Waals surface area contributed by atoms with Crippen LogP contribution in [0.2, 0.25) is 15.1 Å². The van der Waals surface area contributed by atoms with Crippen molar-refractivity contribution in [2.24, 2.45) is 0 Å². The summed E-state index contributed by atoms with van der Waals surface area (Å²) in [5, 5.41) is 4.45. The molecule has 0 heterocycles. The van der Waals surface area contributed by atoms with E-state index in [1.165, 1.54) is 0 Å². The molecule has 2 aromatic carbocycles. The maximum Gasteiger partial charge on any atom is 0.241 e. The average molecular weight is 372 g/mol. The Morgan fingerprint density at radius 2 is 1.83 bits per heavy atom. The maximum atomic E-state index is 12.4. The smallest absolute Gasteiger partial charge is 0.241 e. The Morgan fingerprint density at radius 3 is 2.52 bits per heavy atom. The number of hydrogen-bond acceptors (Lipinski definition) is 2. The van der Waals surface area contributed by atoms with Gasteiger partial charge in [-0.05, 0) is 43.8 Å². The number of anilines is 1. The third-order valence-electron chi connectivity index (χ3n) is 3.60. The standard InChI is InChI=1S/C17H17Cl3N2O/c1-11(22(2)10-12-5-3-4-6-14(12)19)17(23)21-16-9-13(18)7-8-15(16)20/h3-9,11H,10H2,1-2H3,(H,21,23). The second-order valence-electron chi connectivity index (χ2n) is 5.30. The predicted molar refractivity (Wildman–Crippen MR) is 97.5 cm³/mol. The van der Waals surface area contributed by atoms with Crippen LogP contribution in [0.4, 0.5) is 5.69 Å². The zero-order valence-electron chi connectivity index (χ0n) is 12.8. The topological polar surface area (TPSA) is 32.3 Å². The molecule has 1 unspecified atom stereocenters. The minimum absolute atomic E-state index is 0.163. The van der Waals surface area contributed by atoms with Gasteiger partial charge in [-0.1, -0.05) is 53.0 Å². The summed E-state index contributed by atoms with van der Waals surface area (Å²) in [6.45, 7) is 2.39. The van der Waals surface area contributed by atoms with Crippen molar-refractivity contribution in [3.63, 3.8) is 0 Å². The van der Waals surface area contributed by atoms with Gasteiger partial charge in [0.15, 0.2) is 0 Å². The number of carbonyl (C=O) groups is 1. The van der Waals surface area contributed by atoms with E-state index in [2.05, 4.69) is 5.32 Å². The van der Waals surface area contributed by atoms with Crippen LogP contribution in [-0.4, -0.2) is 23.9 Å². The number of amides is 1. The van der Waals surface area contributed by atoms with Crippen molar-refractivity contribution in [2.45, 2.75) is 19.5 Å². The van der Waals surface area contributed by atoms with Crippen LogP contribution in [0.3, 0.4) is 0 Å². The van der Waals surface area contributed by atoms with E-state index >= 15 is 0 Å². The summed E-state index contributed by atoms with van der Waals surface area (Å²) in [5.41, 5.74) is 1.47. The molecule has 0 aliphatic carbocycles. The van der Waals surface area contributed by atoms with Gasteiger partial charge in [0.1, 0.15) is 0 Å². The van der Waals surface area contributed by atoms with Gasteiger partial charge in [0.05, 0.1) is 16.8 Å². The second kappa shape index (κ2) is 8.02. The zero-order valence-corrected chi connectivity index (χ0v) is 15.1. The molecule has 0 aliphatic rings. The lowest BCUT2D eigenvalue weighted by Gasteiger charge is -2.24. The third kappa shape index (κ3) is 4.85. The number of nitrogens with zero attached hydrogens (tertiary/aromatic N) is 1. The summed E-state index contributed by atoms with van der Waals surface area (Å²) in [4.78, 5) is 14.3. The molecule has 0 radical (unpaired) electrons. The third-order valence-corrected chi connectivity index (χ3v) is 4.54. The average Bonchev–Trinajstić information content (AvgIpc) is 2.52. The molecule has 3 nitrogen and oxygen atoms in total. The summed E-state index contributed by atoms with van der Waals surface area (Å²) in [6, 6.07) is 12.2. The Morgan fingerprint density at radius 1 is 1.13 bits per heavy atom. The van der Waals surface area contributed by atoms with Crippen molar-refractivity contribution < 1.29 is 4.79 Å². The van der Waals surface area contributed by atoms with Crippen LogP contribution in [-0.2, 0) is 11.3 Å². The highest BCUT2D eigenvalue weighted by Gasteiger charge is 2.19. The Bertz CT molecular complexity index is 706. The maximum absolute atomic E-state index is 12.4. The number of hydrogen-bond donors (Lipinski definition) is 1. The number of carbonyl (C=O) groups excluding carboxylic acids is 1. The largest absolute Gasteiger partial charge is 0.323 e. The van der Waals surface area contributed by atoms with Gasteiger partial charge in [-0.25, -0.2) is 0 Å². The van der Waals surface area contributed by atoms with Crippen molar-refractivity contribution in [1.29, 1.82) is 0 Å². The normalized spacial score (nSPS) is 12.3. The van der Waals surface area contributed by atoms with Crippen LogP contribution in [0.15, 0.2) is 42.5 Å². The van der Waals surface area contributed by atoms with Crippen LogP contribution in [0.25, 0.3) is 0 Å². The Hall–Kier alpha value is -1.26. The van der Waals surface area contributed by atoms with Gasteiger partial charge in [0.2, 0.25) is 5.91 Å². The van der Waals surface area contributed by atoms with Crippen molar-refractivity contribution in [3.8, 4) is 0 Å². The Balaban J connectivity index is 2.04. The molecule has 1 atom stereocenters. The summed E-state index contributed by atoms with van der Waals surface area (Å²) in [7, 11) is 1.87. The summed E-state index contributed by atoms with van der Waals surface area (Å²) < 4.78 is 0. The summed E-state index contributed by atoms with van der Waals surface area (Å²) >= 11 is 18.2. The molecule has 6 heteroatoms. The molecule has 0 fully saturated rings. The fraction of sp³-hybridized carbons (Fsp3) is 0.235. The molecule has 2 rings (SSSR count). The summed E-state index contributed by atoms with van der Waals surface area (Å²) in [6.07, 6.45) is 0. The molecule has 0 bridgehead atoms. The van der Waals surface area contributed by atoms with Crippen LogP contribution in [0.5, 0.6) is 0 Å². The molecule has 122 valence electrons. The molecule has 1 amide bonds. The van der Waals surface area contributed by atoms with Crippen molar-refractivity contribution in [3.05, 3.63) is 63.1 Å². The zero-order chi connectivity index (χ0) is 17.0. The van der Waals surface area contributed by atoms with Crippen LogP contribution in [0.1, 0.15) is 12.5 Å². The molecule has 1 N–H and O–H groups in total. The molecule has 0 saturated heterocycles. The lowest BCUT2D eigenvalue weighted by atomic mass is 10.2. The van der Waals surface area contributed by atoms with E-state index in [0.29, 0.717) is 27.3 Å². The van der Waals surface area contributed by atoms with Gasteiger partial charge in [-0.3, -0.25) is 9.69 Å². The van der Waals surface area contributed by atoms with E-state index in [1.807, 2.05) is 43.1 Å². The lowest BCUT2D eigenvalue weighted by molar-refractivity contribution is -0.120. The molecule has 23 heavy (non-hydrogen) atoms. The highest BCUT2D eigenvalue weighted by atomic mass is 35.5. The quantitative estimate of drug-likeness (QED) is 0.792. The van der Waals surface area contributed by atoms with E-state index in [-0.39, 0.29) is 11.9 Å². The number of benzene rings is 2. The Kier molecular flexibility index (Phi) is 6.31. The van der Waals surface area contributed by atoms with Crippen molar-refractivity contribution in [1.82, 2.24) is 4.90 Å². The van der Waals surface area contributed by atoms with Crippen LogP contribution in [0, 0.1) is 0 Å². The number of likely N-dealkylation sites (N-methyl/N-ethyl adjacent to an activating group) is 1. The van der Waals surface area contributed by atoms with E-state index < -0.39 is 0 Å². The van der Waals surface area contributed by atoms with Crippen molar-refractivity contribution in [2.75, 3.05) is 12.4 Å². The van der Waals surface area contributed by atoms with E-state index in [9.17, 15) is 4.79 Å². The van der Waals surface area contributed by atoms with Crippen LogP contribution >= 0.6 is 34.8 Å². The number of nitrogens with one attached hydrogen (secondary N) is 1. The molecule has 0 aromatic heterocycles. The first kappa shape index (κ1) is 18.1. The minimum Gasteiger partial charge on any atom is -0.323 e. The molecule has 2 aromatic rings. The predicted octanol–water partition coefficient (Wildman–Crippen LogP) is 5.11. The first-order valence-corrected chi connectivity index (χ1v) is 8.21. The Labute approximate surface area is 151 Å². The molecule has 0 spiro atoms. The fourth-order valence-electron chi connectivity index (χ4n) is 2.06. The van der Waals surface area contributed by atoms with Gasteiger partial charge < -0.3 is 5.32 Å². The van der Waals surface area contributed by atoms with Gasteiger partial charge in [0, 0.05) is 16.6 Å². The summed E-state index contributed by atoms with van der Waals surface area (Å²) in [5.74, 6) is -0.163. The van der Waals surface area contributed by atoms with Gasteiger partial charge in [-0.15, -0.1) is 0 Å². The van der Waals surface area contributed by atoms with E-state index in [0.717, 1.165) is 5.56 Å². The monoisotopic (exact) mass is 370 g/mol. The highest BCUT2D eigenvalue weighted by molar-refractivity contribution is 6.35. The van der Waals surface area contributed by atoms with Gasteiger partial charge in [-0.2, -0.15) is 0 Å². The second-order valence-corrected chi connectivity index (χ2v) is 6.55. The number of halogens is 3. The lowest BCUT2D eigenvalue weighted by Crippen LogP contribution is -2.39. The SMILES string of the molecule is CC(C(=O)Nc1cc(Cl)ccc1Cl)N(C)Cc1ccccc1Cl. The fourth-order valence-corrected chi connectivity index (χ4v) is 2.60. The van der Waals surface area contributed by atoms with Gasteiger partial charge in [0.25, 0.3) is 0 Å². The minimum atomic E-state index is -0.360.